The monoisotopic (exact) mass is 293 g/mol. The maximum absolute atomic E-state index is 11.7. The van der Waals surface area contributed by atoms with Gasteiger partial charge in [-0.05, 0) is 0 Å². The zero-order valence-electron chi connectivity index (χ0n) is 9.87. The zero-order valence-corrected chi connectivity index (χ0v) is 11.5. The number of carboxylic acids is 1. The molecule has 0 spiro atoms. The normalized spacial score (nSPS) is 11.9. The number of thiazole rings is 1. The Morgan fingerprint density at radius 2 is 2.33 bits per heavy atom. The average Bonchev–Trinajstić information content (AvgIpc) is 2.78. The summed E-state index contributed by atoms with van der Waals surface area (Å²) >= 11 is 1.46. The number of aromatic nitrogens is 1. The summed E-state index contributed by atoms with van der Waals surface area (Å²) in [6, 6.07) is 0. The first-order chi connectivity index (χ1) is 8.42. The second kappa shape index (κ2) is 6.78. The molecule has 0 bridgehead atoms. The first-order valence-electron chi connectivity index (χ1n) is 5.23. The molecule has 9 heteroatoms. The topological polar surface area (TPSA) is 99.6 Å². The highest BCUT2D eigenvalue weighted by molar-refractivity contribution is 7.87. The van der Waals surface area contributed by atoms with E-state index >= 15 is 0 Å². The summed E-state index contributed by atoms with van der Waals surface area (Å²) in [6.07, 6.45) is 1.96. The Bertz CT molecular complexity index is 472. The molecule has 2 N–H and O–H groups in total. The number of carbonyl (C=O) groups is 1. The Hall–Kier alpha value is -1.03. The molecular weight excluding hydrogens is 278 g/mol. The van der Waals surface area contributed by atoms with Gasteiger partial charge >= 0.3 is 5.97 Å². The number of nitrogens with one attached hydrogen (secondary N) is 1. The van der Waals surface area contributed by atoms with Crippen LogP contribution in [0.5, 0.6) is 0 Å². The van der Waals surface area contributed by atoms with Crippen molar-refractivity contribution < 1.29 is 18.3 Å². The number of hydrogen-bond donors (Lipinski definition) is 2. The minimum absolute atomic E-state index is 0.0537. The minimum Gasteiger partial charge on any atom is -0.481 e. The second-order valence-corrected chi connectivity index (χ2v) is 6.38. The van der Waals surface area contributed by atoms with Gasteiger partial charge in [0.25, 0.3) is 10.2 Å². The van der Waals surface area contributed by atoms with E-state index in [1.165, 1.54) is 18.4 Å². The van der Waals surface area contributed by atoms with Gasteiger partial charge < -0.3 is 5.11 Å². The van der Waals surface area contributed by atoms with E-state index in [2.05, 4.69) is 9.71 Å². The average molecular weight is 293 g/mol. The Morgan fingerprint density at radius 1 is 1.61 bits per heavy atom. The highest BCUT2D eigenvalue weighted by atomic mass is 32.2. The van der Waals surface area contributed by atoms with Gasteiger partial charge in [0.1, 0.15) is 0 Å². The molecule has 1 aromatic rings. The number of hydrogen-bond acceptors (Lipinski definition) is 5. The molecule has 0 radical (unpaired) electrons. The van der Waals surface area contributed by atoms with E-state index in [0.29, 0.717) is 6.42 Å². The van der Waals surface area contributed by atoms with E-state index in [0.717, 1.165) is 9.31 Å². The molecular formula is C9H15N3O4S2. The summed E-state index contributed by atoms with van der Waals surface area (Å²) in [5.41, 5.74) is 0. The fourth-order valence-corrected chi connectivity index (χ4v) is 2.68. The standard InChI is InChI=1S/C9H15N3O4S2/c1-12(6-3-9(13)14)18(15,16)11-4-2-8-10-5-7-17-8/h5,7,11H,2-4,6H2,1H3,(H,13,14). The van der Waals surface area contributed by atoms with Crippen LogP contribution in [-0.4, -0.2) is 48.9 Å². The third kappa shape index (κ3) is 5.08. The van der Waals surface area contributed by atoms with Gasteiger partial charge in [-0.1, -0.05) is 0 Å². The molecule has 0 unspecified atom stereocenters. The third-order valence-electron chi connectivity index (χ3n) is 2.16. The lowest BCUT2D eigenvalue weighted by Crippen LogP contribution is -2.40. The van der Waals surface area contributed by atoms with Crippen LogP contribution in [0.15, 0.2) is 11.6 Å². The SMILES string of the molecule is CN(CCC(=O)O)S(=O)(=O)NCCc1nccs1. The smallest absolute Gasteiger partial charge is 0.304 e. The molecule has 0 saturated heterocycles. The lowest BCUT2D eigenvalue weighted by Gasteiger charge is -2.16. The van der Waals surface area contributed by atoms with Crippen molar-refractivity contribution in [1.82, 2.24) is 14.0 Å². The van der Waals surface area contributed by atoms with Crippen molar-refractivity contribution in [3.05, 3.63) is 16.6 Å². The van der Waals surface area contributed by atoms with Crippen LogP contribution in [0.25, 0.3) is 0 Å². The third-order valence-corrected chi connectivity index (χ3v) is 4.57. The van der Waals surface area contributed by atoms with E-state index in [4.69, 9.17) is 5.11 Å². The molecule has 0 aliphatic heterocycles. The molecule has 7 nitrogen and oxygen atoms in total. The van der Waals surface area contributed by atoms with Crippen molar-refractivity contribution in [2.75, 3.05) is 20.1 Å². The summed E-state index contributed by atoms with van der Waals surface area (Å²) in [5.74, 6) is -1.03. The summed E-state index contributed by atoms with van der Waals surface area (Å²) in [7, 11) is -2.27. The molecule has 1 aromatic heterocycles. The van der Waals surface area contributed by atoms with E-state index in [1.54, 1.807) is 6.20 Å². The number of aliphatic carboxylic acids is 1. The van der Waals surface area contributed by atoms with Crippen LogP contribution >= 0.6 is 11.3 Å². The zero-order chi connectivity index (χ0) is 13.6. The van der Waals surface area contributed by atoms with Crippen LogP contribution in [0.3, 0.4) is 0 Å². The molecule has 0 atom stereocenters. The molecule has 102 valence electrons. The van der Waals surface area contributed by atoms with Gasteiger partial charge in [0.05, 0.1) is 11.4 Å². The van der Waals surface area contributed by atoms with Gasteiger partial charge in [0, 0.05) is 38.1 Å². The van der Waals surface area contributed by atoms with E-state index in [9.17, 15) is 13.2 Å². The van der Waals surface area contributed by atoms with Crippen LogP contribution in [0.4, 0.5) is 0 Å². The first-order valence-corrected chi connectivity index (χ1v) is 7.55. The highest BCUT2D eigenvalue weighted by Crippen LogP contribution is 2.04. The van der Waals surface area contributed by atoms with Gasteiger partial charge in [-0.3, -0.25) is 4.79 Å². The predicted molar refractivity (Wildman–Crippen MR) is 67.6 cm³/mol. The fraction of sp³-hybridized carbons (Fsp3) is 0.556. The summed E-state index contributed by atoms with van der Waals surface area (Å²) in [5, 5.41) is 11.2. The highest BCUT2D eigenvalue weighted by Gasteiger charge is 2.17. The van der Waals surface area contributed by atoms with Crippen LogP contribution in [-0.2, 0) is 21.4 Å². The molecule has 0 fully saturated rings. The molecule has 0 aliphatic rings. The summed E-state index contributed by atoms with van der Waals surface area (Å²) in [6.45, 7) is 0.190. The van der Waals surface area contributed by atoms with Crippen molar-refractivity contribution in [3.8, 4) is 0 Å². The Morgan fingerprint density at radius 3 is 2.89 bits per heavy atom. The maximum atomic E-state index is 11.7. The van der Waals surface area contributed by atoms with Crippen LogP contribution in [0.2, 0.25) is 0 Å². The van der Waals surface area contributed by atoms with Gasteiger partial charge in [-0.25, -0.2) is 9.71 Å². The number of carboxylic acid groups (broad SMARTS) is 1. The van der Waals surface area contributed by atoms with Crippen LogP contribution < -0.4 is 4.72 Å². The van der Waals surface area contributed by atoms with Crippen molar-refractivity contribution in [3.63, 3.8) is 0 Å². The lowest BCUT2D eigenvalue weighted by molar-refractivity contribution is -0.137. The first kappa shape index (κ1) is 15.0. The van der Waals surface area contributed by atoms with E-state index in [1.807, 2.05) is 5.38 Å². The fourth-order valence-electron chi connectivity index (χ4n) is 1.15. The largest absolute Gasteiger partial charge is 0.481 e. The van der Waals surface area contributed by atoms with Gasteiger partial charge in [-0.2, -0.15) is 12.7 Å². The number of nitrogens with zero attached hydrogens (tertiary/aromatic N) is 2. The molecule has 1 rings (SSSR count). The van der Waals surface area contributed by atoms with Crippen LogP contribution in [0, 0.1) is 0 Å². The van der Waals surface area contributed by atoms with E-state index < -0.39 is 16.2 Å². The maximum Gasteiger partial charge on any atom is 0.304 e. The molecule has 0 aliphatic carbocycles. The predicted octanol–water partition coefficient (Wildman–Crippen LogP) is -0.0735. The van der Waals surface area contributed by atoms with Gasteiger partial charge in [0.15, 0.2) is 0 Å². The summed E-state index contributed by atoms with van der Waals surface area (Å²) in [4.78, 5) is 14.4. The second-order valence-electron chi connectivity index (χ2n) is 3.54. The number of rotatable bonds is 8. The molecule has 0 aromatic carbocycles. The lowest BCUT2D eigenvalue weighted by atomic mass is 10.4. The minimum atomic E-state index is -3.61. The van der Waals surface area contributed by atoms with Crippen molar-refractivity contribution in [2.45, 2.75) is 12.8 Å². The van der Waals surface area contributed by atoms with Crippen molar-refractivity contribution >= 4 is 27.5 Å². The molecule has 0 saturated carbocycles. The van der Waals surface area contributed by atoms with Crippen molar-refractivity contribution in [2.24, 2.45) is 0 Å². The van der Waals surface area contributed by atoms with Crippen molar-refractivity contribution in [1.29, 1.82) is 0 Å². The Labute approximate surface area is 110 Å². The molecule has 18 heavy (non-hydrogen) atoms. The van der Waals surface area contributed by atoms with Gasteiger partial charge in [-0.15, -0.1) is 11.3 Å². The van der Waals surface area contributed by atoms with E-state index in [-0.39, 0.29) is 19.5 Å². The van der Waals surface area contributed by atoms with Gasteiger partial charge in [0.2, 0.25) is 0 Å². The summed E-state index contributed by atoms with van der Waals surface area (Å²) < 4.78 is 26.7. The Balaban J connectivity index is 2.36. The van der Waals surface area contributed by atoms with Crippen LogP contribution in [0.1, 0.15) is 11.4 Å². The molecule has 1 heterocycles. The molecule has 0 amide bonds. The quantitative estimate of drug-likeness (QED) is 0.698. The Kier molecular flexibility index (Phi) is 5.66.